The molecule has 1 aromatic carbocycles. The normalized spacial score (nSPS) is 22.9. The predicted molar refractivity (Wildman–Crippen MR) is 86.4 cm³/mol. The molecule has 0 spiro atoms. The van der Waals surface area contributed by atoms with E-state index in [-0.39, 0.29) is 0 Å². The van der Waals surface area contributed by atoms with Gasteiger partial charge in [0.15, 0.2) is 0 Å². The predicted octanol–water partition coefficient (Wildman–Crippen LogP) is 2.05. The monoisotopic (exact) mass is 302 g/mol. The van der Waals surface area contributed by atoms with Crippen molar-refractivity contribution in [2.75, 3.05) is 32.8 Å². The van der Waals surface area contributed by atoms with Gasteiger partial charge in [-0.1, -0.05) is 36.8 Å². The zero-order valence-corrected chi connectivity index (χ0v) is 13.2. The van der Waals surface area contributed by atoms with E-state index < -0.39 is 0 Å². The zero-order chi connectivity index (χ0) is 15.2. The molecule has 4 nitrogen and oxygen atoms in total. The summed E-state index contributed by atoms with van der Waals surface area (Å²) in [7, 11) is 0. The van der Waals surface area contributed by atoms with Crippen molar-refractivity contribution >= 4 is 5.91 Å². The third-order valence-corrected chi connectivity index (χ3v) is 4.70. The number of hydrogen-bond donors (Lipinski definition) is 1. The summed E-state index contributed by atoms with van der Waals surface area (Å²) in [6.07, 6.45) is 3.38. The number of ether oxygens (including phenoxy) is 1. The average molecular weight is 302 g/mol. The highest BCUT2D eigenvalue weighted by molar-refractivity contribution is 5.79. The molecule has 1 heterocycles. The molecular weight excluding hydrogens is 276 g/mol. The number of nitrogens with one attached hydrogen (secondary N) is 1. The van der Waals surface area contributed by atoms with E-state index >= 15 is 0 Å². The molecular formula is C18H26N2O2. The topological polar surface area (TPSA) is 41.6 Å². The van der Waals surface area contributed by atoms with Crippen LogP contribution in [0.25, 0.3) is 0 Å². The van der Waals surface area contributed by atoms with Crippen molar-refractivity contribution in [3.63, 3.8) is 0 Å². The number of rotatable bonds is 5. The molecule has 1 aliphatic heterocycles. The molecule has 1 unspecified atom stereocenters. The maximum atomic E-state index is 12.4. The number of hydrogen-bond acceptors (Lipinski definition) is 3. The lowest BCUT2D eigenvalue weighted by Crippen LogP contribution is -2.42. The van der Waals surface area contributed by atoms with Crippen LogP contribution < -0.4 is 5.32 Å². The molecule has 1 saturated heterocycles. The van der Waals surface area contributed by atoms with Crippen LogP contribution in [-0.4, -0.2) is 43.6 Å². The summed E-state index contributed by atoms with van der Waals surface area (Å²) in [6.45, 7) is 4.85. The van der Waals surface area contributed by atoms with Crippen LogP contribution in [0, 0.1) is 11.8 Å². The molecule has 0 radical (unpaired) electrons. The van der Waals surface area contributed by atoms with E-state index in [1.165, 1.54) is 12.0 Å². The molecule has 0 bridgehead atoms. The van der Waals surface area contributed by atoms with Crippen molar-refractivity contribution < 1.29 is 9.53 Å². The summed E-state index contributed by atoms with van der Waals surface area (Å²) in [4.78, 5) is 14.5. The summed E-state index contributed by atoms with van der Waals surface area (Å²) < 4.78 is 5.87. The summed E-state index contributed by atoms with van der Waals surface area (Å²) >= 11 is 0. The molecule has 120 valence electrons. The highest BCUT2D eigenvalue weighted by Gasteiger charge is 2.31. The maximum absolute atomic E-state index is 12.4. The van der Waals surface area contributed by atoms with Gasteiger partial charge in [0.2, 0.25) is 5.91 Å². The Bertz CT molecular complexity index is 473. The minimum absolute atomic E-state index is 0.295. The minimum atomic E-state index is 0.295. The Labute approximate surface area is 132 Å². The smallest absolute Gasteiger partial charge is 0.225 e. The lowest BCUT2D eigenvalue weighted by Gasteiger charge is -2.32. The largest absolute Gasteiger partial charge is 0.376 e. The van der Waals surface area contributed by atoms with Gasteiger partial charge in [0.25, 0.3) is 0 Å². The van der Waals surface area contributed by atoms with Gasteiger partial charge in [0, 0.05) is 38.0 Å². The van der Waals surface area contributed by atoms with Crippen LogP contribution in [0.3, 0.4) is 0 Å². The molecule has 2 aliphatic rings. The second-order valence-electron chi connectivity index (χ2n) is 6.48. The lowest BCUT2D eigenvalue weighted by atomic mass is 9.84. The quantitative estimate of drug-likeness (QED) is 0.905. The molecule has 1 atom stereocenters. The first kappa shape index (κ1) is 15.5. The van der Waals surface area contributed by atoms with Gasteiger partial charge in [-0.15, -0.1) is 0 Å². The van der Waals surface area contributed by atoms with Crippen LogP contribution in [-0.2, 0) is 16.1 Å². The molecule has 1 amide bonds. The van der Waals surface area contributed by atoms with Gasteiger partial charge in [-0.05, 0) is 18.4 Å². The number of benzene rings is 1. The first-order valence-corrected chi connectivity index (χ1v) is 8.44. The number of nitrogens with zero attached hydrogens (tertiary/aromatic N) is 1. The second-order valence-corrected chi connectivity index (χ2v) is 6.48. The zero-order valence-electron chi connectivity index (χ0n) is 13.2. The lowest BCUT2D eigenvalue weighted by molar-refractivity contribution is -0.138. The Morgan fingerprint density at radius 1 is 1.27 bits per heavy atom. The van der Waals surface area contributed by atoms with E-state index in [1.807, 2.05) is 18.2 Å². The van der Waals surface area contributed by atoms with Gasteiger partial charge in [0.1, 0.15) is 0 Å². The van der Waals surface area contributed by atoms with Crippen LogP contribution in [0.4, 0.5) is 0 Å². The van der Waals surface area contributed by atoms with Crippen molar-refractivity contribution in [1.82, 2.24) is 10.2 Å². The highest BCUT2D eigenvalue weighted by atomic mass is 16.5. The molecule has 1 N–H and O–H groups in total. The van der Waals surface area contributed by atoms with E-state index in [0.29, 0.717) is 31.0 Å². The van der Waals surface area contributed by atoms with E-state index in [4.69, 9.17) is 4.74 Å². The molecule has 1 saturated carbocycles. The minimum Gasteiger partial charge on any atom is -0.376 e. The van der Waals surface area contributed by atoms with Crippen LogP contribution >= 0.6 is 0 Å². The van der Waals surface area contributed by atoms with E-state index in [0.717, 1.165) is 39.0 Å². The van der Waals surface area contributed by atoms with Crippen molar-refractivity contribution in [1.29, 1.82) is 0 Å². The SMILES string of the molecule is O=C(C1CCC1)N1CCNCC(COCc2ccccc2)C1. The van der Waals surface area contributed by atoms with Crippen LogP contribution in [0.2, 0.25) is 0 Å². The fraction of sp³-hybridized carbons (Fsp3) is 0.611. The van der Waals surface area contributed by atoms with E-state index in [1.54, 1.807) is 0 Å². The molecule has 1 aromatic rings. The maximum Gasteiger partial charge on any atom is 0.225 e. The Kier molecular flexibility index (Phi) is 5.46. The number of carbonyl (C=O) groups excluding carboxylic acids is 1. The van der Waals surface area contributed by atoms with Gasteiger partial charge < -0.3 is 15.0 Å². The summed E-state index contributed by atoms with van der Waals surface area (Å²) in [5.41, 5.74) is 1.20. The van der Waals surface area contributed by atoms with Gasteiger partial charge in [-0.3, -0.25) is 4.79 Å². The number of amides is 1. The Morgan fingerprint density at radius 2 is 2.09 bits per heavy atom. The first-order chi connectivity index (χ1) is 10.8. The highest BCUT2D eigenvalue weighted by Crippen LogP contribution is 2.28. The van der Waals surface area contributed by atoms with Crippen LogP contribution in [0.1, 0.15) is 24.8 Å². The third-order valence-electron chi connectivity index (χ3n) is 4.70. The van der Waals surface area contributed by atoms with Crippen molar-refractivity contribution in [2.24, 2.45) is 11.8 Å². The third kappa shape index (κ3) is 4.08. The van der Waals surface area contributed by atoms with Gasteiger partial charge in [-0.2, -0.15) is 0 Å². The molecule has 3 rings (SSSR count). The van der Waals surface area contributed by atoms with E-state index in [2.05, 4.69) is 22.3 Å². The second kappa shape index (κ2) is 7.75. The molecule has 22 heavy (non-hydrogen) atoms. The Balaban J connectivity index is 1.46. The van der Waals surface area contributed by atoms with Crippen LogP contribution in [0.5, 0.6) is 0 Å². The molecule has 0 aromatic heterocycles. The standard InChI is InChI=1S/C18H26N2O2/c21-18(17-7-4-8-17)20-10-9-19-11-16(12-20)14-22-13-15-5-2-1-3-6-15/h1-3,5-6,16-17,19H,4,7-14H2. The average Bonchev–Trinajstić information content (AvgIpc) is 2.72. The van der Waals surface area contributed by atoms with Crippen molar-refractivity contribution in [3.8, 4) is 0 Å². The van der Waals surface area contributed by atoms with E-state index in [9.17, 15) is 4.79 Å². The van der Waals surface area contributed by atoms with Gasteiger partial charge >= 0.3 is 0 Å². The van der Waals surface area contributed by atoms with Crippen molar-refractivity contribution in [2.45, 2.75) is 25.9 Å². The van der Waals surface area contributed by atoms with Gasteiger partial charge in [-0.25, -0.2) is 0 Å². The fourth-order valence-corrected chi connectivity index (χ4v) is 3.13. The van der Waals surface area contributed by atoms with Crippen molar-refractivity contribution in [3.05, 3.63) is 35.9 Å². The summed E-state index contributed by atoms with van der Waals surface area (Å²) in [5, 5.41) is 3.43. The molecule has 1 aliphatic carbocycles. The molecule has 2 fully saturated rings. The molecule has 4 heteroatoms. The first-order valence-electron chi connectivity index (χ1n) is 8.44. The Hall–Kier alpha value is -1.39. The van der Waals surface area contributed by atoms with Gasteiger partial charge in [0.05, 0.1) is 13.2 Å². The number of carbonyl (C=O) groups is 1. The summed E-state index contributed by atoms with van der Waals surface area (Å²) in [5.74, 6) is 1.04. The fourth-order valence-electron chi connectivity index (χ4n) is 3.13. The summed E-state index contributed by atoms with van der Waals surface area (Å²) in [6, 6.07) is 10.2. The Morgan fingerprint density at radius 3 is 2.82 bits per heavy atom. The van der Waals surface area contributed by atoms with Crippen LogP contribution in [0.15, 0.2) is 30.3 Å².